The SMILES string of the molecule is O=C(N[C@H]1CCC[C@@H]1Nc1nc2ccc(F)cc2s1)c1ccccc1-n1cncn1. The average molecular weight is 422 g/mol. The molecule has 9 heteroatoms. The first-order valence-electron chi connectivity index (χ1n) is 9.75. The third-order valence-electron chi connectivity index (χ3n) is 5.31. The number of nitrogens with one attached hydrogen (secondary N) is 2. The number of aromatic nitrogens is 4. The van der Waals surface area contributed by atoms with Crippen molar-refractivity contribution in [3.05, 3.63) is 66.5 Å². The van der Waals surface area contributed by atoms with Crippen molar-refractivity contribution < 1.29 is 9.18 Å². The maximum atomic E-state index is 13.5. The summed E-state index contributed by atoms with van der Waals surface area (Å²) >= 11 is 1.42. The molecule has 30 heavy (non-hydrogen) atoms. The molecule has 2 aromatic heterocycles. The monoisotopic (exact) mass is 422 g/mol. The van der Waals surface area contributed by atoms with Gasteiger partial charge in [0, 0.05) is 12.1 Å². The lowest BCUT2D eigenvalue weighted by Gasteiger charge is -2.22. The highest BCUT2D eigenvalue weighted by atomic mass is 32.1. The minimum Gasteiger partial charge on any atom is -0.357 e. The summed E-state index contributed by atoms with van der Waals surface area (Å²) in [6, 6.07) is 12.0. The molecule has 4 aromatic rings. The highest BCUT2D eigenvalue weighted by molar-refractivity contribution is 7.22. The molecule has 0 saturated heterocycles. The number of thiazole rings is 1. The van der Waals surface area contributed by atoms with E-state index < -0.39 is 0 Å². The molecule has 2 N–H and O–H groups in total. The molecule has 0 spiro atoms. The predicted octanol–water partition coefficient (Wildman–Crippen LogP) is 3.78. The second-order valence-electron chi connectivity index (χ2n) is 7.25. The zero-order valence-corrected chi connectivity index (χ0v) is 16.8. The number of anilines is 1. The smallest absolute Gasteiger partial charge is 0.253 e. The molecule has 5 rings (SSSR count). The molecular weight excluding hydrogens is 403 g/mol. The van der Waals surface area contributed by atoms with E-state index in [0.717, 1.165) is 34.6 Å². The normalized spacial score (nSPS) is 18.6. The van der Waals surface area contributed by atoms with Crippen LogP contribution in [0, 0.1) is 5.82 Å². The number of carbonyl (C=O) groups excluding carboxylic acids is 1. The Bertz CT molecular complexity index is 1190. The Morgan fingerprint density at radius 3 is 2.90 bits per heavy atom. The van der Waals surface area contributed by atoms with Crippen molar-refractivity contribution in [1.82, 2.24) is 25.1 Å². The molecule has 1 aliphatic carbocycles. The Morgan fingerprint density at radius 1 is 1.17 bits per heavy atom. The Labute approximate surface area is 176 Å². The van der Waals surface area contributed by atoms with Crippen molar-refractivity contribution in [3.63, 3.8) is 0 Å². The maximum absolute atomic E-state index is 13.5. The van der Waals surface area contributed by atoms with E-state index >= 15 is 0 Å². The van der Waals surface area contributed by atoms with Crippen LogP contribution >= 0.6 is 11.3 Å². The van der Waals surface area contributed by atoms with Crippen molar-refractivity contribution in [2.45, 2.75) is 31.3 Å². The van der Waals surface area contributed by atoms with Crippen LogP contribution in [0.25, 0.3) is 15.9 Å². The van der Waals surface area contributed by atoms with Crippen LogP contribution in [0.15, 0.2) is 55.1 Å². The Hall–Kier alpha value is -3.33. The summed E-state index contributed by atoms with van der Waals surface area (Å²) in [6.07, 6.45) is 5.83. The van der Waals surface area contributed by atoms with E-state index in [9.17, 15) is 9.18 Å². The average Bonchev–Trinajstić information content (AvgIpc) is 3.49. The van der Waals surface area contributed by atoms with Crippen molar-refractivity contribution in [2.75, 3.05) is 5.32 Å². The number of benzene rings is 2. The predicted molar refractivity (Wildman–Crippen MR) is 113 cm³/mol. The number of hydrogen-bond donors (Lipinski definition) is 2. The first kappa shape index (κ1) is 18.7. The fraction of sp³-hybridized carbons (Fsp3) is 0.238. The summed E-state index contributed by atoms with van der Waals surface area (Å²) in [5, 5.41) is 11.5. The number of para-hydroxylation sites is 1. The van der Waals surface area contributed by atoms with Crippen molar-refractivity contribution in [3.8, 4) is 5.69 Å². The lowest BCUT2D eigenvalue weighted by molar-refractivity contribution is 0.0935. The van der Waals surface area contributed by atoms with Gasteiger partial charge in [-0.2, -0.15) is 5.10 Å². The minimum absolute atomic E-state index is 0.0231. The van der Waals surface area contributed by atoms with Crippen LogP contribution in [0.4, 0.5) is 9.52 Å². The fourth-order valence-electron chi connectivity index (χ4n) is 3.87. The maximum Gasteiger partial charge on any atom is 0.253 e. The zero-order valence-electron chi connectivity index (χ0n) is 16.0. The number of hydrogen-bond acceptors (Lipinski definition) is 6. The van der Waals surface area contributed by atoms with E-state index in [1.807, 2.05) is 18.2 Å². The van der Waals surface area contributed by atoms with Crippen LogP contribution in [0.5, 0.6) is 0 Å². The Balaban J connectivity index is 1.33. The molecule has 2 aromatic carbocycles. The van der Waals surface area contributed by atoms with Crippen LogP contribution < -0.4 is 10.6 Å². The molecule has 2 atom stereocenters. The molecule has 2 heterocycles. The zero-order chi connectivity index (χ0) is 20.5. The molecule has 1 amide bonds. The van der Waals surface area contributed by atoms with Gasteiger partial charge in [-0.1, -0.05) is 23.5 Å². The lowest BCUT2D eigenvalue weighted by Crippen LogP contribution is -2.43. The Morgan fingerprint density at radius 2 is 2.03 bits per heavy atom. The largest absolute Gasteiger partial charge is 0.357 e. The van der Waals surface area contributed by atoms with Gasteiger partial charge >= 0.3 is 0 Å². The summed E-state index contributed by atoms with van der Waals surface area (Å²) in [7, 11) is 0. The van der Waals surface area contributed by atoms with E-state index in [-0.39, 0.29) is 23.8 Å². The summed E-state index contributed by atoms with van der Waals surface area (Å²) in [5.74, 6) is -0.416. The van der Waals surface area contributed by atoms with Crippen LogP contribution in [0.1, 0.15) is 29.6 Å². The van der Waals surface area contributed by atoms with E-state index in [1.54, 1.807) is 23.1 Å². The minimum atomic E-state index is -0.269. The van der Waals surface area contributed by atoms with Gasteiger partial charge in [0.1, 0.15) is 18.5 Å². The van der Waals surface area contributed by atoms with Crippen LogP contribution in [0.2, 0.25) is 0 Å². The first-order chi connectivity index (χ1) is 14.7. The van der Waals surface area contributed by atoms with Crippen LogP contribution in [-0.4, -0.2) is 37.7 Å². The topological polar surface area (TPSA) is 84.7 Å². The summed E-state index contributed by atoms with van der Waals surface area (Å²) in [6.45, 7) is 0. The third-order valence-corrected chi connectivity index (χ3v) is 6.26. The van der Waals surface area contributed by atoms with Gasteiger partial charge < -0.3 is 10.6 Å². The number of halogens is 1. The fourth-order valence-corrected chi connectivity index (χ4v) is 4.82. The van der Waals surface area contributed by atoms with Gasteiger partial charge in [0.2, 0.25) is 0 Å². The standard InChI is InChI=1S/C21H19FN6OS/c22-13-8-9-17-19(10-13)30-21(27-17)26-16-6-3-5-15(16)25-20(29)14-4-1-2-7-18(14)28-12-23-11-24-28/h1-2,4,7-12,15-16H,3,5-6H2,(H,25,29)(H,26,27)/t15-,16-/m0/s1. The molecule has 0 aliphatic heterocycles. The van der Waals surface area contributed by atoms with E-state index in [1.165, 1.54) is 29.8 Å². The van der Waals surface area contributed by atoms with E-state index in [2.05, 4.69) is 25.7 Å². The molecule has 7 nitrogen and oxygen atoms in total. The molecule has 1 fully saturated rings. The number of amides is 1. The number of fused-ring (bicyclic) bond motifs is 1. The van der Waals surface area contributed by atoms with Gasteiger partial charge in [0.25, 0.3) is 5.91 Å². The second-order valence-corrected chi connectivity index (χ2v) is 8.28. The number of carbonyl (C=O) groups is 1. The molecule has 152 valence electrons. The van der Waals surface area contributed by atoms with Gasteiger partial charge in [-0.25, -0.2) is 19.0 Å². The van der Waals surface area contributed by atoms with Gasteiger partial charge in [-0.05, 0) is 49.6 Å². The lowest BCUT2D eigenvalue weighted by atomic mass is 10.1. The van der Waals surface area contributed by atoms with Crippen molar-refractivity contribution >= 4 is 32.6 Å². The van der Waals surface area contributed by atoms with Gasteiger partial charge in [-0.3, -0.25) is 4.79 Å². The summed E-state index contributed by atoms with van der Waals surface area (Å²) in [5.41, 5.74) is 2.00. The quantitative estimate of drug-likeness (QED) is 0.511. The highest BCUT2D eigenvalue weighted by Crippen LogP contribution is 2.30. The first-order valence-corrected chi connectivity index (χ1v) is 10.6. The Kier molecular flexibility index (Phi) is 4.88. The summed E-state index contributed by atoms with van der Waals surface area (Å²) in [4.78, 5) is 21.5. The van der Waals surface area contributed by atoms with E-state index in [4.69, 9.17) is 0 Å². The van der Waals surface area contributed by atoms with Gasteiger partial charge in [0.15, 0.2) is 5.13 Å². The highest BCUT2D eigenvalue weighted by Gasteiger charge is 2.30. The molecular formula is C21H19FN6OS. The molecule has 1 saturated carbocycles. The molecule has 0 radical (unpaired) electrons. The summed E-state index contributed by atoms with van der Waals surface area (Å²) < 4.78 is 15.8. The molecule has 1 aliphatic rings. The number of nitrogens with zero attached hydrogens (tertiary/aromatic N) is 4. The van der Waals surface area contributed by atoms with Gasteiger partial charge in [0.05, 0.1) is 21.5 Å². The van der Waals surface area contributed by atoms with Crippen molar-refractivity contribution in [1.29, 1.82) is 0 Å². The second kappa shape index (κ2) is 7.83. The van der Waals surface area contributed by atoms with Crippen molar-refractivity contribution in [2.24, 2.45) is 0 Å². The van der Waals surface area contributed by atoms with Gasteiger partial charge in [-0.15, -0.1) is 0 Å². The third kappa shape index (κ3) is 3.63. The number of rotatable bonds is 5. The van der Waals surface area contributed by atoms with Crippen LogP contribution in [0.3, 0.4) is 0 Å². The molecule has 0 unspecified atom stereocenters. The van der Waals surface area contributed by atoms with E-state index in [0.29, 0.717) is 11.3 Å². The molecule has 0 bridgehead atoms. The van der Waals surface area contributed by atoms with Crippen LogP contribution in [-0.2, 0) is 0 Å².